The van der Waals surface area contributed by atoms with E-state index >= 15 is 0 Å². The Hall–Kier alpha value is -1.02. The lowest BCUT2D eigenvalue weighted by Crippen LogP contribution is -2.27. The van der Waals surface area contributed by atoms with Crippen LogP contribution in [0, 0.1) is 0 Å². The van der Waals surface area contributed by atoms with Crippen LogP contribution in [0.4, 0.5) is 0 Å². The van der Waals surface area contributed by atoms with Crippen molar-refractivity contribution in [2.75, 3.05) is 6.61 Å². The van der Waals surface area contributed by atoms with E-state index in [0.29, 0.717) is 12.2 Å². The zero-order valence-corrected chi connectivity index (χ0v) is 7.40. The number of ether oxygens (including phenoxy) is 2. The van der Waals surface area contributed by atoms with Crippen molar-refractivity contribution in [2.24, 2.45) is 0 Å². The number of fused-ring (bicyclic) bond motifs is 1. The average Bonchev–Trinajstić information content (AvgIpc) is 3.00. The van der Waals surface area contributed by atoms with E-state index in [1.165, 1.54) is 5.56 Å². The van der Waals surface area contributed by atoms with Gasteiger partial charge in [-0.25, -0.2) is 0 Å². The van der Waals surface area contributed by atoms with Crippen LogP contribution < -0.4 is 4.74 Å². The molecule has 2 nitrogen and oxygen atoms in total. The highest BCUT2D eigenvalue weighted by Gasteiger charge is 2.36. The summed E-state index contributed by atoms with van der Waals surface area (Å²) in [6, 6.07) is 8.27. The average molecular weight is 176 g/mol. The Morgan fingerprint density at radius 3 is 2.85 bits per heavy atom. The van der Waals surface area contributed by atoms with Crippen LogP contribution >= 0.6 is 0 Å². The number of aryl methyl sites for hydroxylation is 1. The van der Waals surface area contributed by atoms with Gasteiger partial charge in [0.15, 0.2) is 0 Å². The second-order valence-electron chi connectivity index (χ2n) is 3.67. The Labute approximate surface area is 77.5 Å². The normalized spacial score (nSPS) is 30.5. The second-order valence-corrected chi connectivity index (χ2v) is 3.67. The monoisotopic (exact) mass is 176 g/mol. The lowest BCUT2D eigenvalue weighted by molar-refractivity contribution is 0.136. The summed E-state index contributed by atoms with van der Waals surface area (Å²) in [5.74, 6) is 1.05. The van der Waals surface area contributed by atoms with Crippen LogP contribution in [0.25, 0.3) is 0 Å². The molecule has 0 saturated carbocycles. The molecule has 0 aromatic heterocycles. The van der Waals surface area contributed by atoms with Crippen molar-refractivity contribution < 1.29 is 9.47 Å². The highest BCUT2D eigenvalue weighted by atomic mass is 16.6. The lowest BCUT2D eigenvalue weighted by atomic mass is 10.0. The van der Waals surface area contributed by atoms with E-state index in [0.717, 1.165) is 25.2 Å². The first kappa shape index (κ1) is 7.39. The number of benzene rings is 1. The largest absolute Gasteiger partial charge is 0.487 e. The minimum absolute atomic E-state index is 0.301. The molecule has 0 spiro atoms. The molecule has 3 rings (SSSR count). The maximum absolute atomic E-state index is 5.83. The molecule has 0 bridgehead atoms. The van der Waals surface area contributed by atoms with Crippen LogP contribution in [0.5, 0.6) is 5.75 Å². The van der Waals surface area contributed by atoms with Crippen LogP contribution in [0.3, 0.4) is 0 Å². The van der Waals surface area contributed by atoms with Gasteiger partial charge in [-0.2, -0.15) is 0 Å². The zero-order chi connectivity index (χ0) is 8.67. The van der Waals surface area contributed by atoms with E-state index in [2.05, 4.69) is 12.1 Å². The van der Waals surface area contributed by atoms with Gasteiger partial charge in [0, 0.05) is 0 Å². The fraction of sp³-hybridized carbons (Fsp3) is 0.455. The van der Waals surface area contributed by atoms with Gasteiger partial charge in [0.05, 0.1) is 6.61 Å². The molecule has 2 atom stereocenters. The number of hydrogen-bond acceptors (Lipinski definition) is 2. The second kappa shape index (κ2) is 2.74. The van der Waals surface area contributed by atoms with Gasteiger partial charge in [-0.3, -0.25) is 0 Å². The predicted octanol–water partition coefficient (Wildman–Crippen LogP) is 1.78. The molecule has 1 aromatic rings. The molecule has 0 aliphatic carbocycles. The molecule has 1 saturated heterocycles. The third kappa shape index (κ3) is 1.31. The number of para-hydroxylation sites is 1. The van der Waals surface area contributed by atoms with Crippen molar-refractivity contribution in [3.8, 4) is 5.75 Å². The minimum Gasteiger partial charge on any atom is -0.487 e. The highest BCUT2D eigenvalue weighted by Crippen LogP contribution is 2.31. The van der Waals surface area contributed by atoms with E-state index in [-0.39, 0.29) is 0 Å². The summed E-state index contributed by atoms with van der Waals surface area (Å²) in [6.07, 6.45) is 2.89. The molecule has 0 radical (unpaired) electrons. The molecule has 68 valence electrons. The maximum Gasteiger partial charge on any atom is 0.127 e. The summed E-state index contributed by atoms with van der Waals surface area (Å²) in [6.45, 7) is 0.882. The topological polar surface area (TPSA) is 21.8 Å². The fourth-order valence-corrected chi connectivity index (χ4v) is 1.88. The molecule has 2 heteroatoms. The predicted molar refractivity (Wildman–Crippen MR) is 48.9 cm³/mol. The number of epoxide rings is 1. The van der Waals surface area contributed by atoms with Crippen molar-refractivity contribution in [1.29, 1.82) is 0 Å². The first-order valence-corrected chi connectivity index (χ1v) is 4.79. The quantitative estimate of drug-likeness (QED) is 0.608. The Morgan fingerprint density at radius 2 is 2.00 bits per heavy atom. The van der Waals surface area contributed by atoms with E-state index in [9.17, 15) is 0 Å². The maximum atomic E-state index is 5.83. The zero-order valence-electron chi connectivity index (χ0n) is 7.40. The molecule has 2 aliphatic heterocycles. The van der Waals surface area contributed by atoms with Crippen molar-refractivity contribution in [3.05, 3.63) is 29.8 Å². The smallest absolute Gasteiger partial charge is 0.127 e. The molecular weight excluding hydrogens is 164 g/mol. The van der Waals surface area contributed by atoms with Gasteiger partial charge >= 0.3 is 0 Å². The Balaban J connectivity index is 1.85. The van der Waals surface area contributed by atoms with Gasteiger partial charge in [-0.15, -0.1) is 0 Å². The summed E-state index contributed by atoms with van der Waals surface area (Å²) in [4.78, 5) is 0. The third-order valence-corrected chi connectivity index (χ3v) is 2.72. The summed E-state index contributed by atoms with van der Waals surface area (Å²) in [5, 5.41) is 0. The van der Waals surface area contributed by atoms with Crippen molar-refractivity contribution >= 4 is 0 Å². The molecule has 1 aromatic carbocycles. The van der Waals surface area contributed by atoms with Crippen molar-refractivity contribution in [1.82, 2.24) is 0 Å². The summed E-state index contributed by atoms with van der Waals surface area (Å²) >= 11 is 0. The van der Waals surface area contributed by atoms with Crippen LogP contribution in [0.15, 0.2) is 24.3 Å². The molecule has 1 fully saturated rings. The Kier molecular flexibility index (Phi) is 1.56. The van der Waals surface area contributed by atoms with Gasteiger partial charge in [0.1, 0.15) is 18.0 Å². The number of hydrogen-bond donors (Lipinski definition) is 0. The first-order chi connectivity index (χ1) is 6.43. The van der Waals surface area contributed by atoms with Gasteiger partial charge in [-0.1, -0.05) is 18.2 Å². The Bertz CT molecular complexity index is 318. The van der Waals surface area contributed by atoms with Crippen LogP contribution in [-0.4, -0.2) is 18.8 Å². The Morgan fingerprint density at radius 1 is 1.15 bits per heavy atom. The molecule has 0 N–H and O–H groups in total. The van der Waals surface area contributed by atoms with E-state index in [1.807, 2.05) is 12.1 Å². The first-order valence-electron chi connectivity index (χ1n) is 4.79. The van der Waals surface area contributed by atoms with Crippen molar-refractivity contribution in [3.63, 3.8) is 0 Å². The molecule has 1 unspecified atom stereocenters. The standard InChI is InChI=1S/C11H12O2/c1-2-4-9-8(3-1)5-6-10(13-9)11-7-12-11/h1-4,10-11H,5-7H2/t10?,11-/m1/s1. The lowest BCUT2D eigenvalue weighted by Gasteiger charge is -2.24. The van der Waals surface area contributed by atoms with Crippen molar-refractivity contribution in [2.45, 2.75) is 25.0 Å². The SMILES string of the molecule is c1ccc2c(c1)CCC([C@H]1CO1)O2. The molecule has 2 heterocycles. The summed E-state index contributed by atoms with van der Waals surface area (Å²) in [7, 11) is 0. The van der Waals surface area contributed by atoms with Crippen LogP contribution in [-0.2, 0) is 11.2 Å². The summed E-state index contributed by atoms with van der Waals surface area (Å²) in [5.41, 5.74) is 1.33. The highest BCUT2D eigenvalue weighted by molar-refractivity contribution is 5.35. The van der Waals surface area contributed by atoms with Gasteiger partial charge < -0.3 is 9.47 Å². The molecule has 0 amide bonds. The van der Waals surface area contributed by atoms with Gasteiger partial charge in [-0.05, 0) is 24.5 Å². The van der Waals surface area contributed by atoms with E-state index in [4.69, 9.17) is 9.47 Å². The summed E-state index contributed by atoms with van der Waals surface area (Å²) < 4.78 is 11.1. The molecule has 13 heavy (non-hydrogen) atoms. The van der Waals surface area contributed by atoms with Crippen LogP contribution in [0.2, 0.25) is 0 Å². The molecular formula is C11H12O2. The van der Waals surface area contributed by atoms with E-state index < -0.39 is 0 Å². The van der Waals surface area contributed by atoms with Gasteiger partial charge in [0.25, 0.3) is 0 Å². The third-order valence-electron chi connectivity index (χ3n) is 2.72. The number of rotatable bonds is 1. The van der Waals surface area contributed by atoms with Crippen LogP contribution in [0.1, 0.15) is 12.0 Å². The molecule has 2 aliphatic rings. The van der Waals surface area contributed by atoms with E-state index in [1.54, 1.807) is 0 Å². The minimum atomic E-state index is 0.301. The fourth-order valence-electron chi connectivity index (χ4n) is 1.88. The van der Waals surface area contributed by atoms with Gasteiger partial charge in [0.2, 0.25) is 0 Å².